The van der Waals surface area contributed by atoms with Crippen LogP contribution in [0.25, 0.3) is 0 Å². The second kappa shape index (κ2) is 2.85. The fourth-order valence-electron chi connectivity index (χ4n) is 5.68. The van der Waals surface area contributed by atoms with Crippen molar-refractivity contribution < 1.29 is 5.11 Å². The van der Waals surface area contributed by atoms with E-state index in [4.69, 9.17) is 0 Å². The highest BCUT2D eigenvalue weighted by Gasteiger charge is 2.70. The van der Waals surface area contributed by atoms with E-state index in [0.717, 1.165) is 5.92 Å². The zero-order valence-corrected chi connectivity index (χ0v) is 11.2. The molecule has 0 amide bonds. The minimum Gasteiger partial charge on any atom is -0.392 e. The molecular weight excluding hydrogens is 196 g/mol. The summed E-state index contributed by atoms with van der Waals surface area (Å²) in [6, 6.07) is 0. The third-order valence-corrected chi connectivity index (χ3v) is 6.94. The van der Waals surface area contributed by atoms with Crippen LogP contribution in [-0.2, 0) is 0 Å². The summed E-state index contributed by atoms with van der Waals surface area (Å²) >= 11 is 0. The highest BCUT2D eigenvalue weighted by Crippen LogP contribution is 2.74. The molecule has 1 nitrogen and oxygen atoms in total. The fraction of sp³-hybridized carbons (Fsp3) is 1.00. The van der Waals surface area contributed by atoms with Crippen molar-refractivity contribution in [3.63, 3.8) is 0 Å². The molecule has 0 aliphatic heterocycles. The molecule has 3 rings (SSSR count). The minimum atomic E-state index is -0.0495. The molecule has 0 aromatic carbocycles. The Morgan fingerprint density at radius 2 is 1.62 bits per heavy atom. The summed E-state index contributed by atoms with van der Waals surface area (Å²) in [6.07, 6.45) is 6.56. The van der Waals surface area contributed by atoms with E-state index in [2.05, 4.69) is 27.7 Å². The normalized spacial score (nSPS) is 58.7. The first-order chi connectivity index (χ1) is 7.33. The van der Waals surface area contributed by atoms with Crippen LogP contribution in [0.15, 0.2) is 0 Å². The van der Waals surface area contributed by atoms with Gasteiger partial charge in [-0.25, -0.2) is 0 Å². The summed E-state index contributed by atoms with van der Waals surface area (Å²) in [5.74, 6) is 1.34. The van der Waals surface area contributed by atoms with Crippen molar-refractivity contribution in [2.75, 3.05) is 0 Å². The highest BCUT2D eigenvalue weighted by molar-refractivity contribution is 5.19. The SMILES string of the molecule is CC1(C)CCCC2(C)C3CCC2(C)C(O)C31. The van der Waals surface area contributed by atoms with Gasteiger partial charge in [0.05, 0.1) is 6.10 Å². The van der Waals surface area contributed by atoms with Crippen molar-refractivity contribution in [3.8, 4) is 0 Å². The molecule has 1 heteroatoms. The minimum absolute atomic E-state index is 0.0495. The van der Waals surface area contributed by atoms with Gasteiger partial charge in [-0.3, -0.25) is 0 Å². The monoisotopic (exact) mass is 222 g/mol. The maximum atomic E-state index is 10.8. The third kappa shape index (κ3) is 0.978. The number of hydrogen-bond donors (Lipinski definition) is 1. The lowest BCUT2D eigenvalue weighted by atomic mass is 9.63. The summed E-state index contributed by atoms with van der Waals surface area (Å²) in [5, 5.41) is 10.8. The Kier molecular flexibility index (Phi) is 1.98. The summed E-state index contributed by atoms with van der Waals surface area (Å²) in [4.78, 5) is 0. The molecule has 1 N–H and O–H groups in total. The van der Waals surface area contributed by atoms with Gasteiger partial charge >= 0.3 is 0 Å². The lowest BCUT2D eigenvalue weighted by Crippen LogP contribution is -2.43. The molecule has 0 aromatic rings. The van der Waals surface area contributed by atoms with Crippen molar-refractivity contribution in [2.45, 2.75) is 65.9 Å². The second-order valence-corrected chi connectivity index (χ2v) is 7.79. The Morgan fingerprint density at radius 3 is 2.31 bits per heavy atom. The van der Waals surface area contributed by atoms with Crippen LogP contribution in [0, 0.1) is 28.1 Å². The van der Waals surface area contributed by atoms with Crippen LogP contribution in [0.5, 0.6) is 0 Å². The first-order valence-corrected chi connectivity index (χ1v) is 7.01. The van der Waals surface area contributed by atoms with Gasteiger partial charge in [0.15, 0.2) is 0 Å². The molecule has 3 aliphatic carbocycles. The molecule has 0 saturated heterocycles. The van der Waals surface area contributed by atoms with Crippen LogP contribution < -0.4 is 0 Å². The van der Waals surface area contributed by atoms with Crippen LogP contribution in [0.4, 0.5) is 0 Å². The van der Waals surface area contributed by atoms with Crippen LogP contribution in [0.3, 0.4) is 0 Å². The van der Waals surface area contributed by atoms with E-state index in [1.807, 2.05) is 0 Å². The van der Waals surface area contributed by atoms with Gasteiger partial charge in [0, 0.05) is 0 Å². The van der Waals surface area contributed by atoms with Crippen molar-refractivity contribution >= 4 is 0 Å². The molecule has 0 spiro atoms. The highest BCUT2D eigenvalue weighted by atomic mass is 16.3. The zero-order valence-electron chi connectivity index (χ0n) is 11.2. The lowest BCUT2D eigenvalue weighted by molar-refractivity contribution is -0.0578. The van der Waals surface area contributed by atoms with E-state index in [-0.39, 0.29) is 11.5 Å². The maximum Gasteiger partial charge on any atom is 0.0635 e. The van der Waals surface area contributed by atoms with Gasteiger partial charge in [-0.2, -0.15) is 0 Å². The average molecular weight is 222 g/mol. The number of aliphatic hydroxyl groups is 1. The lowest BCUT2D eigenvalue weighted by Gasteiger charge is -2.44. The molecule has 0 heterocycles. The molecule has 5 unspecified atom stereocenters. The summed E-state index contributed by atoms with van der Waals surface area (Å²) in [7, 11) is 0. The number of aliphatic hydroxyl groups excluding tert-OH is 1. The first-order valence-electron chi connectivity index (χ1n) is 7.01. The van der Waals surface area contributed by atoms with Crippen molar-refractivity contribution in [1.82, 2.24) is 0 Å². The maximum absolute atomic E-state index is 10.8. The third-order valence-electron chi connectivity index (χ3n) is 6.94. The summed E-state index contributed by atoms with van der Waals surface area (Å²) in [5.41, 5.74) is 0.977. The van der Waals surface area contributed by atoms with E-state index in [1.54, 1.807) is 0 Å². The topological polar surface area (TPSA) is 20.2 Å². The molecule has 3 aliphatic rings. The van der Waals surface area contributed by atoms with E-state index < -0.39 is 0 Å². The van der Waals surface area contributed by atoms with Crippen LogP contribution in [0.1, 0.15) is 59.8 Å². The smallest absolute Gasteiger partial charge is 0.0635 e. The fourth-order valence-corrected chi connectivity index (χ4v) is 5.68. The second-order valence-electron chi connectivity index (χ2n) is 7.79. The van der Waals surface area contributed by atoms with Gasteiger partial charge in [0.1, 0.15) is 0 Å². The predicted octanol–water partition coefficient (Wildman–Crippen LogP) is 3.61. The Hall–Kier alpha value is -0.0400. The van der Waals surface area contributed by atoms with Crippen LogP contribution in [-0.4, -0.2) is 11.2 Å². The molecular formula is C15H26O. The molecule has 4 bridgehead atoms. The Balaban J connectivity index is 2.12. The molecule has 0 aromatic heterocycles. The van der Waals surface area contributed by atoms with Gasteiger partial charge in [0.25, 0.3) is 0 Å². The largest absolute Gasteiger partial charge is 0.392 e. The zero-order chi connectivity index (χ0) is 11.8. The molecule has 3 saturated carbocycles. The Labute approximate surface area is 99.6 Å². The van der Waals surface area contributed by atoms with Crippen LogP contribution >= 0.6 is 0 Å². The van der Waals surface area contributed by atoms with Gasteiger partial charge < -0.3 is 5.11 Å². The Bertz CT molecular complexity index is 321. The first kappa shape index (κ1) is 11.1. The number of hydrogen-bond acceptors (Lipinski definition) is 1. The van der Waals surface area contributed by atoms with Crippen LogP contribution in [0.2, 0.25) is 0 Å². The van der Waals surface area contributed by atoms with Gasteiger partial charge in [0.2, 0.25) is 0 Å². The van der Waals surface area contributed by atoms with Crippen molar-refractivity contribution in [2.24, 2.45) is 28.1 Å². The summed E-state index contributed by atoms with van der Waals surface area (Å²) in [6.45, 7) is 9.60. The van der Waals surface area contributed by atoms with Gasteiger partial charge in [-0.15, -0.1) is 0 Å². The molecule has 5 atom stereocenters. The standard InChI is InChI=1S/C15H26O/c1-13(2)7-5-8-14(3)10-6-9-15(14,4)12(16)11(10)13/h10-12,16H,5-9H2,1-4H3. The van der Waals surface area contributed by atoms with E-state index in [9.17, 15) is 5.11 Å². The summed E-state index contributed by atoms with van der Waals surface area (Å²) < 4.78 is 0. The predicted molar refractivity (Wildman–Crippen MR) is 66.1 cm³/mol. The van der Waals surface area contributed by atoms with Crippen molar-refractivity contribution in [3.05, 3.63) is 0 Å². The average Bonchev–Trinajstić information content (AvgIpc) is 2.47. The molecule has 16 heavy (non-hydrogen) atoms. The molecule has 3 fully saturated rings. The van der Waals surface area contributed by atoms with Crippen molar-refractivity contribution in [1.29, 1.82) is 0 Å². The molecule has 0 radical (unpaired) electrons. The number of rotatable bonds is 0. The molecule has 92 valence electrons. The van der Waals surface area contributed by atoms with Gasteiger partial charge in [-0.1, -0.05) is 34.1 Å². The van der Waals surface area contributed by atoms with E-state index in [1.165, 1.54) is 32.1 Å². The Morgan fingerprint density at radius 1 is 0.938 bits per heavy atom. The quantitative estimate of drug-likeness (QED) is 0.664. The van der Waals surface area contributed by atoms with Gasteiger partial charge in [-0.05, 0) is 53.8 Å². The van der Waals surface area contributed by atoms with E-state index in [0.29, 0.717) is 16.7 Å². The van der Waals surface area contributed by atoms with E-state index >= 15 is 0 Å².